The van der Waals surface area contributed by atoms with Crippen LogP contribution in [0.2, 0.25) is 20.1 Å². The van der Waals surface area contributed by atoms with Gasteiger partial charge in [0.2, 0.25) is 0 Å². The molecule has 112 valence electrons. The summed E-state index contributed by atoms with van der Waals surface area (Å²) in [6.45, 7) is 3.00. The molecule has 0 spiro atoms. The van der Waals surface area contributed by atoms with Gasteiger partial charge in [-0.05, 0) is 42.8 Å². The summed E-state index contributed by atoms with van der Waals surface area (Å²) in [4.78, 5) is 0. The monoisotopic (exact) mass is 363 g/mol. The van der Waals surface area contributed by atoms with E-state index in [4.69, 9.17) is 51.1 Å². The highest BCUT2D eigenvalue weighted by Gasteiger charge is 2.05. The Labute approximate surface area is 143 Å². The third-order valence-electron chi connectivity index (χ3n) is 2.83. The minimum atomic E-state index is 0.431. The van der Waals surface area contributed by atoms with Crippen LogP contribution < -0.4 is 10.1 Å². The first kappa shape index (κ1) is 16.6. The van der Waals surface area contributed by atoms with Crippen LogP contribution in [-0.4, -0.2) is 13.2 Å². The maximum Gasteiger partial charge on any atom is 0.119 e. The molecule has 0 fully saturated rings. The maximum atomic E-state index is 6.07. The van der Waals surface area contributed by atoms with Crippen LogP contribution in [0.4, 0.5) is 5.69 Å². The zero-order valence-corrected chi connectivity index (χ0v) is 14.2. The number of aryl methyl sites for hydroxylation is 1. The van der Waals surface area contributed by atoms with Crippen molar-refractivity contribution >= 4 is 52.1 Å². The fraction of sp³-hybridized carbons (Fsp3) is 0.200. The number of hydrogen-bond donors (Lipinski definition) is 1. The standard InChI is InChI=1S/C15H13Cl4NO/c1-9-6-10(2-3-11(9)16)21-5-4-20-15-8-13(18)12(17)7-14(15)19/h2-3,6-8,20H,4-5H2,1H3. The molecule has 2 aromatic rings. The van der Waals surface area contributed by atoms with Crippen molar-refractivity contribution in [2.45, 2.75) is 6.92 Å². The van der Waals surface area contributed by atoms with Crippen molar-refractivity contribution in [2.24, 2.45) is 0 Å². The fourth-order valence-corrected chi connectivity index (χ4v) is 2.45. The van der Waals surface area contributed by atoms with Crippen molar-refractivity contribution in [1.82, 2.24) is 0 Å². The fourth-order valence-electron chi connectivity index (χ4n) is 1.72. The summed E-state index contributed by atoms with van der Waals surface area (Å²) < 4.78 is 5.63. The third kappa shape index (κ3) is 4.58. The first-order valence-corrected chi connectivity index (χ1v) is 7.76. The quantitative estimate of drug-likeness (QED) is 0.511. The van der Waals surface area contributed by atoms with Crippen molar-refractivity contribution in [1.29, 1.82) is 0 Å². The van der Waals surface area contributed by atoms with E-state index in [0.29, 0.717) is 28.2 Å². The molecule has 0 saturated heterocycles. The molecule has 0 aliphatic heterocycles. The smallest absolute Gasteiger partial charge is 0.119 e. The van der Waals surface area contributed by atoms with Crippen LogP contribution in [-0.2, 0) is 0 Å². The molecule has 2 rings (SSSR count). The summed E-state index contributed by atoms with van der Waals surface area (Å²) in [6.07, 6.45) is 0. The largest absolute Gasteiger partial charge is 0.492 e. The molecular weight excluding hydrogens is 352 g/mol. The molecule has 6 heteroatoms. The molecule has 0 atom stereocenters. The van der Waals surface area contributed by atoms with Gasteiger partial charge < -0.3 is 10.1 Å². The summed E-state index contributed by atoms with van der Waals surface area (Å²) in [5, 5.41) is 5.28. The zero-order valence-electron chi connectivity index (χ0n) is 11.2. The lowest BCUT2D eigenvalue weighted by Gasteiger charge is -2.11. The highest BCUT2D eigenvalue weighted by atomic mass is 35.5. The summed E-state index contributed by atoms with van der Waals surface area (Å²) in [5.41, 5.74) is 1.71. The average Bonchev–Trinajstić information content (AvgIpc) is 2.44. The molecule has 0 unspecified atom stereocenters. The molecule has 0 radical (unpaired) electrons. The Morgan fingerprint density at radius 3 is 2.33 bits per heavy atom. The van der Waals surface area contributed by atoms with Gasteiger partial charge in [-0.15, -0.1) is 0 Å². The Morgan fingerprint density at radius 2 is 1.62 bits per heavy atom. The van der Waals surface area contributed by atoms with Gasteiger partial charge in [0, 0.05) is 11.6 Å². The van der Waals surface area contributed by atoms with Crippen molar-refractivity contribution < 1.29 is 4.74 Å². The highest BCUT2D eigenvalue weighted by Crippen LogP contribution is 2.32. The summed E-state index contributed by atoms with van der Waals surface area (Å²) in [5.74, 6) is 0.777. The van der Waals surface area contributed by atoms with Crippen molar-refractivity contribution in [2.75, 3.05) is 18.5 Å². The first-order valence-electron chi connectivity index (χ1n) is 6.25. The second kappa shape index (κ2) is 7.46. The maximum absolute atomic E-state index is 6.07. The Bertz CT molecular complexity index is 646. The van der Waals surface area contributed by atoms with Crippen LogP contribution in [0.3, 0.4) is 0 Å². The van der Waals surface area contributed by atoms with E-state index in [0.717, 1.165) is 22.0 Å². The topological polar surface area (TPSA) is 21.3 Å². The molecule has 2 aromatic carbocycles. The van der Waals surface area contributed by atoms with E-state index in [1.807, 2.05) is 25.1 Å². The van der Waals surface area contributed by atoms with E-state index in [-0.39, 0.29) is 0 Å². The Morgan fingerprint density at radius 1 is 0.905 bits per heavy atom. The average molecular weight is 365 g/mol. The number of benzene rings is 2. The normalized spacial score (nSPS) is 10.5. The van der Waals surface area contributed by atoms with Crippen LogP contribution in [0.1, 0.15) is 5.56 Å². The second-order valence-electron chi connectivity index (χ2n) is 4.43. The zero-order chi connectivity index (χ0) is 15.4. The Hall–Kier alpha value is -0.800. The van der Waals surface area contributed by atoms with Gasteiger partial charge in [0.05, 0.1) is 20.8 Å². The first-order chi connectivity index (χ1) is 9.97. The lowest BCUT2D eigenvalue weighted by molar-refractivity contribution is 0.332. The van der Waals surface area contributed by atoms with Crippen molar-refractivity contribution in [3.8, 4) is 5.75 Å². The van der Waals surface area contributed by atoms with Gasteiger partial charge in [-0.25, -0.2) is 0 Å². The number of nitrogens with one attached hydrogen (secondary N) is 1. The molecule has 0 aromatic heterocycles. The molecule has 2 nitrogen and oxygen atoms in total. The van der Waals surface area contributed by atoms with Gasteiger partial charge in [-0.3, -0.25) is 0 Å². The van der Waals surface area contributed by atoms with Gasteiger partial charge in [0.1, 0.15) is 12.4 Å². The van der Waals surface area contributed by atoms with Gasteiger partial charge in [0.25, 0.3) is 0 Å². The molecule has 21 heavy (non-hydrogen) atoms. The van der Waals surface area contributed by atoms with Gasteiger partial charge in [0.15, 0.2) is 0 Å². The Balaban J connectivity index is 1.87. The molecule has 0 aliphatic carbocycles. The molecule has 1 N–H and O–H groups in total. The number of ether oxygens (including phenoxy) is 1. The van der Waals surface area contributed by atoms with E-state index in [9.17, 15) is 0 Å². The van der Waals surface area contributed by atoms with E-state index < -0.39 is 0 Å². The molecule has 0 bridgehead atoms. The molecule has 0 aliphatic rings. The van der Waals surface area contributed by atoms with Crippen molar-refractivity contribution in [3.63, 3.8) is 0 Å². The lowest BCUT2D eigenvalue weighted by Crippen LogP contribution is -2.11. The molecule has 0 amide bonds. The van der Waals surface area contributed by atoms with E-state index >= 15 is 0 Å². The van der Waals surface area contributed by atoms with Crippen molar-refractivity contribution in [3.05, 3.63) is 56.0 Å². The Kier molecular flexibility index (Phi) is 5.88. The van der Waals surface area contributed by atoms with E-state index in [1.165, 1.54) is 0 Å². The van der Waals surface area contributed by atoms with Crippen LogP contribution >= 0.6 is 46.4 Å². The number of halogens is 4. The van der Waals surface area contributed by atoms with Gasteiger partial charge >= 0.3 is 0 Å². The molecule has 0 heterocycles. The summed E-state index contributed by atoms with van der Waals surface area (Å²) in [6, 6.07) is 8.85. The SMILES string of the molecule is Cc1cc(OCCNc2cc(Cl)c(Cl)cc2Cl)ccc1Cl. The summed E-state index contributed by atoms with van der Waals surface area (Å²) >= 11 is 23.9. The van der Waals surface area contributed by atoms with Crippen LogP contribution in [0.5, 0.6) is 5.75 Å². The predicted molar refractivity (Wildman–Crippen MR) is 91.6 cm³/mol. The number of hydrogen-bond acceptors (Lipinski definition) is 2. The third-order valence-corrected chi connectivity index (χ3v) is 4.28. The van der Waals surface area contributed by atoms with Gasteiger partial charge in [-0.1, -0.05) is 46.4 Å². The van der Waals surface area contributed by atoms with Crippen LogP contribution in [0, 0.1) is 6.92 Å². The van der Waals surface area contributed by atoms with Crippen LogP contribution in [0.15, 0.2) is 30.3 Å². The minimum absolute atomic E-state index is 0.431. The summed E-state index contributed by atoms with van der Waals surface area (Å²) in [7, 11) is 0. The van der Waals surface area contributed by atoms with Gasteiger partial charge in [-0.2, -0.15) is 0 Å². The second-order valence-corrected chi connectivity index (χ2v) is 6.06. The minimum Gasteiger partial charge on any atom is -0.492 e. The van der Waals surface area contributed by atoms with E-state index in [2.05, 4.69) is 5.32 Å². The highest BCUT2D eigenvalue weighted by molar-refractivity contribution is 6.44. The molecule has 0 saturated carbocycles. The van der Waals surface area contributed by atoms with Crippen LogP contribution in [0.25, 0.3) is 0 Å². The molecular formula is C15H13Cl4NO. The number of anilines is 1. The lowest BCUT2D eigenvalue weighted by atomic mass is 10.2. The predicted octanol–water partition coefficient (Wildman–Crippen LogP) is 6.10. The number of rotatable bonds is 5. The van der Waals surface area contributed by atoms with E-state index in [1.54, 1.807) is 12.1 Å².